The first kappa shape index (κ1) is 24.8. The number of nitro groups is 1. The third-order valence-electron chi connectivity index (χ3n) is 4.26. The highest BCUT2D eigenvalue weighted by atomic mass is 32.2. The van der Waals surface area contributed by atoms with Gasteiger partial charge < -0.3 is 10.2 Å². The number of hydrogen-bond donors (Lipinski definition) is 1. The molecule has 0 heterocycles. The Bertz CT molecular complexity index is 1170. The van der Waals surface area contributed by atoms with Crippen LogP contribution in [0.4, 0.5) is 24.5 Å². The molecule has 0 aliphatic rings. The van der Waals surface area contributed by atoms with Gasteiger partial charge in [-0.25, -0.2) is 8.42 Å². The molecule has 32 heavy (non-hydrogen) atoms. The van der Waals surface area contributed by atoms with Gasteiger partial charge in [0.25, 0.3) is 11.6 Å². The largest absolute Gasteiger partial charge is 0.471 e. The van der Waals surface area contributed by atoms with Crippen molar-refractivity contribution in [1.82, 2.24) is 4.90 Å². The topological polar surface area (TPSA) is 127 Å². The van der Waals surface area contributed by atoms with Crippen LogP contribution in [-0.4, -0.2) is 49.0 Å². The van der Waals surface area contributed by atoms with Crippen molar-refractivity contribution in [2.75, 3.05) is 18.1 Å². The number of anilines is 1. The third kappa shape index (κ3) is 6.26. The van der Waals surface area contributed by atoms with E-state index in [2.05, 4.69) is 5.32 Å². The molecule has 0 radical (unpaired) electrons. The summed E-state index contributed by atoms with van der Waals surface area (Å²) in [6, 6.07) is 8.33. The van der Waals surface area contributed by atoms with Crippen molar-refractivity contribution >= 4 is 33.0 Å². The van der Waals surface area contributed by atoms with E-state index >= 15 is 0 Å². The lowest BCUT2D eigenvalue weighted by Crippen LogP contribution is -2.40. The predicted octanol–water partition coefficient (Wildman–Crippen LogP) is 3.16. The fraction of sp³-hybridized carbons (Fsp3) is 0.263. The van der Waals surface area contributed by atoms with Gasteiger partial charge in [0, 0.05) is 42.7 Å². The van der Waals surface area contributed by atoms with Crippen LogP contribution in [-0.2, 0) is 21.2 Å². The second-order valence-electron chi connectivity index (χ2n) is 6.72. The standard InChI is InChI=1S/C19H18F3N3O6S/c1-3-24(18(27)19(20,21)22)11-12-5-4-6-14(7-12)23-17(26)13-8-15(25(28)29)10-16(9-13)32(2,30)31/h4-10H,3,11H2,1-2H3,(H,23,26). The number of amides is 2. The molecule has 172 valence electrons. The molecule has 2 aromatic rings. The molecule has 1 N–H and O–H groups in total. The number of rotatable bonds is 7. The Morgan fingerprint density at radius 2 is 1.81 bits per heavy atom. The SMILES string of the molecule is CCN(Cc1cccc(NC(=O)c2cc([N+](=O)[O-])cc(S(C)(=O)=O)c2)c1)C(=O)C(F)(F)F. The summed E-state index contributed by atoms with van der Waals surface area (Å²) < 4.78 is 61.6. The third-order valence-corrected chi connectivity index (χ3v) is 5.35. The Morgan fingerprint density at radius 1 is 1.16 bits per heavy atom. The van der Waals surface area contributed by atoms with Gasteiger partial charge in [-0.05, 0) is 30.7 Å². The van der Waals surface area contributed by atoms with Crippen molar-refractivity contribution < 1.29 is 36.1 Å². The molecule has 0 aliphatic heterocycles. The summed E-state index contributed by atoms with van der Waals surface area (Å²) >= 11 is 0. The van der Waals surface area contributed by atoms with E-state index in [0.717, 1.165) is 24.5 Å². The highest BCUT2D eigenvalue weighted by Crippen LogP contribution is 2.23. The lowest BCUT2D eigenvalue weighted by atomic mass is 10.1. The van der Waals surface area contributed by atoms with Gasteiger partial charge in [-0.2, -0.15) is 13.2 Å². The molecule has 13 heteroatoms. The monoisotopic (exact) mass is 473 g/mol. The number of sulfone groups is 1. The lowest BCUT2D eigenvalue weighted by molar-refractivity contribution is -0.385. The van der Waals surface area contributed by atoms with E-state index < -0.39 is 43.3 Å². The maximum atomic E-state index is 12.7. The quantitative estimate of drug-likeness (QED) is 0.486. The molecule has 0 fully saturated rings. The van der Waals surface area contributed by atoms with Crippen LogP contribution < -0.4 is 5.32 Å². The molecule has 0 aromatic heterocycles. The van der Waals surface area contributed by atoms with Crippen molar-refractivity contribution in [1.29, 1.82) is 0 Å². The van der Waals surface area contributed by atoms with E-state index in [0.29, 0.717) is 4.90 Å². The molecule has 2 amide bonds. The van der Waals surface area contributed by atoms with Gasteiger partial charge in [0.1, 0.15) is 0 Å². The second-order valence-corrected chi connectivity index (χ2v) is 8.73. The zero-order valence-electron chi connectivity index (χ0n) is 16.8. The summed E-state index contributed by atoms with van der Waals surface area (Å²) in [5.74, 6) is -2.87. The number of hydrogen-bond acceptors (Lipinski definition) is 6. The number of halogens is 3. The Labute approximate surface area is 180 Å². The summed E-state index contributed by atoms with van der Waals surface area (Å²) in [4.78, 5) is 34.4. The zero-order valence-corrected chi connectivity index (χ0v) is 17.7. The van der Waals surface area contributed by atoms with Crippen LogP contribution in [0, 0.1) is 10.1 Å². The summed E-state index contributed by atoms with van der Waals surface area (Å²) in [5.41, 5.74) is -0.475. The number of nitrogens with zero attached hydrogens (tertiary/aromatic N) is 2. The maximum Gasteiger partial charge on any atom is 0.471 e. The normalized spacial score (nSPS) is 11.7. The van der Waals surface area contributed by atoms with Crippen LogP contribution in [0.1, 0.15) is 22.8 Å². The molecule has 0 unspecified atom stereocenters. The van der Waals surface area contributed by atoms with Gasteiger partial charge in [0.2, 0.25) is 0 Å². The molecular weight excluding hydrogens is 455 g/mol. The number of alkyl halides is 3. The van der Waals surface area contributed by atoms with Crippen LogP contribution in [0.3, 0.4) is 0 Å². The minimum atomic E-state index is -5.03. The lowest BCUT2D eigenvalue weighted by Gasteiger charge is -2.22. The molecule has 0 saturated heterocycles. The van der Waals surface area contributed by atoms with Gasteiger partial charge in [0.15, 0.2) is 9.84 Å². The first-order valence-electron chi connectivity index (χ1n) is 8.98. The Morgan fingerprint density at radius 3 is 2.34 bits per heavy atom. The second kappa shape index (κ2) is 9.34. The van der Waals surface area contributed by atoms with Gasteiger partial charge in [-0.15, -0.1) is 0 Å². The number of benzene rings is 2. The summed E-state index contributed by atoms with van der Waals surface area (Å²) in [6.07, 6.45) is -4.19. The van der Waals surface area contributed by atoms with E-state index in [1.165, 1.54) is 31.2 Å². The summed E-state index contributed by atoms with van der Waals surface area (Å²) in [7, 11) is -3.84. The number of carbonyl (C=O) groups excluding carboxylic acids is 2. The molecular formula is C19H18F3N3O6S. The van der Waals surface area contributed by atoms with Crippen LogP contribution >= 0.6 is 0 Å². The highest BCUT2D eigenvalue weighted by molar-refractivity contribution is 7.90. The fourth-order valence-corrected chi connectivity index (χ4v) is 3.39. The number of nitrogens with one attached hydrogen (secondary N) is 1. The zero-order chi connectivity index (χ0) is 24.3. The van der Waals surface area contributed by atoms with Crippen molar-refractivity contribution in [2.24, 2.45) is 0 Å². The van der Waals surface area contributed by atoms with E-state index in [1.807, 2.05) is 0 Å². The molecule has 2 aromatic carbocycles. The van der Waals surface area contributed by atoms with Gasteiger partial charge >= 0.3 is 12.1 Å². The number of non-ortho nitro benzene ring substituents is 1. The summed E-state index contributed by atoms with van der Waals surface area (Å²) in [5, 5.41) is 13.5. The van der Waals surface area contributed by atoms with E-state index in [-0.39, 0.29) is 29.9 Å². The number of carbonyl (C=O) groups is 2. The van der Waals surface area contributed by atoms with Crippen LogP contribution in [0.5, 0.6) is 0 Å². The Hall–Kier alpha value is -3.48. The molecule has 0 spiro atoms. The summed E-state index contributed by atoms with van der Waals surface area (Å²) in [6.45, 7) is 0.821. The molecule has 9 nitrogen and oxygen atoms in total. The van der Waals surface area contributed by atoms with Gasteiger partial charge in [-0.1, -0.05) is 12.1 Å². The molecule has 0 atom stereocenters. The van der Waals surface area contributed by atoms with E-state index in [1.54, 1.807) is 0 Å². The maximum absolute atomic E-state index is 12.7. The average molecular weight is 473 g/mol. The van der Waals surface area contributed by atoms with Crippen molar-refractivity contribution in [2.45, 2.75) is 24.5 Å². The highest BCUT2D eigenvalue weighted by Gasteiger charge is 2.41. The molecule has 2 rings (SSSR count). The average Bonchev–Trinajstić information content (AvgIpc) is 2.70. The molecule has 0 saturated carbocycles. The van der Waals surface area contributed by atoms with Gasteiger partial charge in [0.05, 0.1) is 9.82 Å². The first-order valence-corrected chi connectivity index (χ1v) is 10.9. The molecule has 0 aliphatic carbocycles. The van der Waals surface area contributed by atoms with E-state index in [4.69, 9.17) is 0 Å². The van der Waals surface area contributed by atoms with Gasteiger partial charge in [-0.3, -0.25) is 19.7 Å². The first-order chi connectivity index (χ1) is 14.7. The minimum Gasteiger partial charge on any atom is -0.331 e. The fourth-order valence-electron chi connectivity index (χ4n) is 2.71. The van der Waals surface area contributed by atoms with Crippen LogP contribution in [0.15, 0.2) is 47.4 Å². The van der Waals surface area contributed by atoms with Crippen molar-refractivity contribution in [3.63, 3.8) is 0 Å². The Balaban J connectivity index is 2.29. The van der Waals surface area contributed by atoms with Crippen molar-refractivity contribution in [3.8, 4) is 0 Å². The smallest absolute Gasteiger partial charge is 0.331 e. The van der Waals surface area contributed by atoms with Crippen LogP contribution in [0.25, 0.3) is 0 Å². The molecule has 0 bridgehead atoms. The predicted molar refractivity (Wildman–Crippen MR) is 108 cm³/mol. The Kier molecular flexibility index (Phi) is 7.24. The van der Waals surface area contributed by atoms with Crippen molar-refractivity contribution in [3.05, 3.63) is 63.7 Å². The van der Waals surface area contributed by atoms with E-state index in [9.17, 15) is 41.3 Å². The number of nitro benzene ring substituents is 1. The van der Waals surface area contributed by atoms with Crippen LogP contribution in [0.2, 0.25) is 0 Å². The minimum absolute atomic E-state index is 0.135.